The van der Waals surface area contributed by atoms with Gasteiger partial charge in [0, 0.05) is 5.56 Å². The van der Waals surface area contributed by atoms with Crippen LogP contribution in [-0.4, -0.2) is 122 Å². The van der Waals surface area contributed by atoms with Crippen molar-refractivity contribution >= 4 is 0 Å². The molecular weight excluding hydrogens is 444 g/mol. The van der Waals surface area contributed by atoms with Gasteiger partial charge >= 0.3 is 0 Å². The van der Waals surface area contributed by atoms with Crippen LogP contribution in [-0.2, 0) is 14.2 Å². The molecule has 0 radical (unpaired) electrons. The molecule has 2 heterocycles. The SMILES string of the molecule is OC[C@H]1O[C@H](OCC#Cc2ccc(O[C@H]3O[C@H](CO)[C@@H](O)[C@H](O)[C@@H]3O)cc2)[C@@H](O)[C@@H](O)[C@@H]1O. The van der Waals surface area contributed by atoms with Crippen molar-refractivity contribution in [1.82, 2.24) is 0 Å². The van der Waals surface area contributed by atoms with Gasteiger partial charge in [-0.05, 0) is 24.3 Å². The quantitative estimate of drug-likeness (QED) is 0.187. The molecule has 8 N–H and O–H groups in total. The number of rotatable bonds is 6. The normalized spacial score (nSPS) is 38.9. The average Bonchev–Trinajstić information content (AvgIpc) is 2.82. The molecule has 0 amide bonds. The van der Waals surface area contributed by atoms with Gasteiger partial charge in [0.25, 0.3) is 0 Å². The van der Waals surface area contributed by atoms with Gasteiger partial charge in [-0.15, -0.1) is 0 Å². The Morgan fingerprint density at radius 1 is 0.697 bits per heavy atom. The number of benzene rings is 1. The third-order valence-corrected chi connectivity index (χ3v) is 5.36. The molecule has 0 aromatic heterocycles. The van der Waals surface area contributed by atoms with Gasteiger partial charge in [0.15, 0.2) is 6.29 Å². The Morgan fingerprint density at radius 3 is 1.76 bits per heavy atom. The van der Waals surface area contributed by atoms with E-state index in [4.69, 9.17) is 24.1 Å². The van der Waals surface area contributed by atoms with Crippen LogP contribution in [0.4, 0.5) is 0 Å². The highest BCUT2D eigenvalue weighted by atomic mass is 16.7. The second-order valence-electron chi connectivity index (χ2n) is 7.65. The summed E-state index contributed by atoms with van der Waals surface area (Å²) in [4.78, 5) is 0. The lowest BCUT2D eigenvalue weighted by Gasteiger charge is -2.39. The number of hydrogen-bond acceptors (Lipinski definition) is 12. The summed E-state index contributed by atoms with van der Waals surface area (Å²) < 4.78 is 21.3. The molecule has 184 valence electrons. The first-order valence-corrected chi connectivity index (χ1v) is 10.2. The first-order valence-electron chi connectivity index (χ1n) is 10.2. The molecule has 33 heavy (non-hydrogen) atoms. The Kier molecular flexibility index (Phi) is 8.99. The van der Waals surface area contributed by atoms with E-state index in [1.165, 1.54) is 12.1 Å². The van der Waals surface area contributed by atoms with E-state index in [9.17, 15) is 35.7 Å². The smallest absolute Gasteiger partial charge is 0.229 e. The number of hydrogen-bond donors (Lipinski definition) is 8. The van der Waals surface area contributed by atoms with Crippen LogP contribution in [0.15, 0.2) is 24.3 Å². The van der Waals surface area contributed by atoms with Crippen LogP contribution in [0.5, 0.6) is 5.75 Å². The van der Waals surface area contributed by atoms with Crippen molar-refractivity contribution < 1.29 is 59.8 Å². The molecule has 1 aromatic carbocycles. The highest BCUT2D eigenvalue weighted by molar-refractivity contribution is 5.38. The molecule has 3 rings (SSSR count). The molecule has 2 aliphatic rings. The molecule has 0 bridgehead atoms. The van der Waals surface area contributed by atoms with Crippen molar-refractivity contribution in [3.05, 3.63) is 29.8 Å². The number of ether oxygens (including phenoxy) is 4. The third-order valence-electron chi connectivity index (χ3n) is 5.36. The van der Waals surface area contributed by atoms with Gasteiger partial charge in [0.2, 0.25) is 6.29 Å². The fourth-order valence-electron chi connectivity index (χ4n) is 3.38. The minimum absolute atomic E-state index is 0.175. The molecule has 0 unspecified atom stereocenters. The first kappa shape index (κ1) is 25.8. The van der Waals surface area contributed by atoms with Crippen molar-refractivity contribution in [2.24, 2.45) is 0 Å². The second-order valence-corrected chi connectivity index (χ2v) is 7.65. The van der Waals surface area contributed by atoms with E-state index < -0.39 is 74.6 Å². The second kappa shape index (κ2) is 11.5. The number of aliphatic hydroxyl groups is 8. The minimum atomic E-state index is -1.55. The zero-order valence-electron chi connectivity index (χ0n) is 17.4. The van der Waals surface area contributed by atoms with E-state index in [1.54, 1.807) is 12.1 Å². The summed E-state index contributed by atoms with van der Waals surface area (Å²) in [5.41, 5.74) is 0.563. The highest BCUT2D eigenvalue weighted by Gasteiger charge is 2.45. The Morgan fingerprint density at radius 2 is 1.21 bits per heavy atom. The summed E-state index contributed by atoms with van der Waals surface area (Å²) in [7, 11) is 0. The maximum atomic E-state index is 10.0. The molecule has 2 aliphatic heterocycles. The van der Waals surface area contributed by atoms with Crippen LogP contribution in [0.25, 0.3) is 0 Å². The highest BCUT2D eigenvalue weighted by Crippen LogP contribution is 2.25. The van der Waals surface area contributed by atoms with Gasteiger partial charge in [0.05, 0.1) is 13.2 Å². The third kappa shape index (κ3) is 5.99. The zero-order chi connectivity index (χ0) is 24.1. The predicted molar refractivity (Wildman–Crippen MR) is 107 cm³/mol. The van der Waals surface area contributed by atoms with Gasteiger partial charge in [-0.25, -0.2) is 0 Å². The molecule has 1 aromatic rings. The van der Waals surface area contributed by atoms with Crippen LogP contribution in [0, 0.1) is 11.8 Å². The molecule has 12 nitrogen and oxygen atoms in total. The lowest BCUT2D eigenvalue weighted by Crippen LogP contribution is -2.60. The van der Waals surface area contributed by atoms with Crippen molar-refractivity contribution in [2.75, 3.05) is 19.8 Å². The van der Waals surface area contributed by atoms with Gasteiger partial charge in [0.1, 0.15) is 61.2 Å². The molecular formula is C21H28O12. The van der Waals surface area contributed by atoms with Crippen LogP contribution in [0.3, 0.4) is 0 Å². The summed E-state index contributed by atoms with van der Waals surface area (Å²) in [5.74, 6) is 5.77. The van der Waals surface area contributed by atoms with Crippen LogP contribution >= 0.6 is 0 Å². The van der Waals surface area contributed by atoms with E-state index in [1.807, 2.05) is 0 Å². The summed E-state index contributed by atoms with van der Waals surface area (Å²) in [6.07, 6.45) is -13.8. The minimum Gasteiger partial charge on any atom is -0.462 e. The predicted octanol–water partition coefficient (Wildman–Crippen LogP) is -3.97. The van der Waals surface area contributed by atoms with Gasteiger partial charge in [-0.3, -0.25) is 0 Å². The van der Waals surface area contributed by atoms with Crippen molar-refractivity contribution in [2.45, 2.75) is 61.4 Å². The lowest BCUT2D eigenvalue weighted by molar-refractivity contribution is -0.298. The monoisotopic (exact) mass is 472 g/mol. The molecule has 0 saturated carbocycles. The molecule has 2 saturated heterocycles. The van der Waals surface area contributed by atoms with E-state index in [-0.39, 0.29) is 12.4 Å². The van der Waals surface area contributed by atoms with Gasteiger partial charge in [-0.1, -0.05) is 11.8 Å². The Labute approximate surface area is 189 Å². The molecule has 10 atom stereocenters. The molecule has 2 fully saturated rings. The molecule has 0 spiro atoms. The van der Waals surface area contributed by atoms with Crippen LogP contribution < -0.4 is 4.74 Å². The first-order chi connectivity index (χ1) is 15.8. The number of aliphatic hydroxyl groups excluding tert-OH is 8. The fourth-order valence-corrected chi connectivity index (χ4v) is 3.38. The van der Waals surface area contributed by atoms with E-state index in [0.29, 0.717) is 5.56 Å². The Balaban J connectivity index is 1.52. The van der Waals surface area contributed by atoms with E-state index >= 15 is 0 Å². The summed E-state index contributed by atoms with van der Waals surface area (Å²) in [6, 6.07) is 6.26. The zero-order valence-corrected chi connectivity index (χ0v) is 17.4. The molecule has 12 heteroatoms. The van der Waals surface area contributed by atoms with E-state index in [0.717, 1.165) is 0 Å². The van der Waals surface area contributed by atoms with E-state index in [2.05, 4.69) is 11.8 Å². The standard InChI is InChI=1S/C21H28O12/c22-8-12-14(24)16(26)18(28)20(32-12)30-7-1-2-10-3-5-11(6-4-10)31-21-19(29)17(27)15(25)13(9-23)33-21/h3-6,12-29H,7-9H2/t12-,13-,14-,15-,16+,17+,18+,19+,20+,21+/m1/s1. The van der Waals surface area contributed by atoms with Crippen molar-refractivity contribution in [1.29, 1.82) is 0 Å². The molecule has 0 aliphatic carbocycles. The van der Waals surface area contributed by atoms with Gasteiger partial charge < -0.3 is 59.8 Å². The lowest BCUT2D eigenvalue weighted by atomic mass is 9.99. The maximum Gasteiger partial charge on any atom is 0.229 e. The Bertz CT molecular complexity index is 804. The van der Waals surface area contributed by atoms with Crippen LogP contribution in [0.1, 0.15) is 5.56 Å². The summed E-state index contributed by atoms with van der Waals surface area (Å²) in [6.45, 7) is -1.30. The van der Waals surface area contributed by atoms with Crippen molar-refractivity contribution in [3.63, 3.8) is 0 Å². The topological polar surface area (TPSA) is 199 Å². The fraction of sp³-hybridized carbons (Fsp3) is 0.619. The summed E-state index contributed by atoms with van der Waals surface area (Å²) in [5, 5.41) is 77.4. The Hall–Kier alpha value is -1.86. The largest absolute Gasteiger partial charge is 0.462 e. The average molecular weight is 472 g/mol. The van der Waals surface area contributed by atoms with Crippen molar-refractivity contribution in [3.8, 4) is 17.6 Å². The maximum absolute atomic E-state index is 10.0. The van der Waals surface area contributed by atoms with Gasteiger partial charge in [-0.2, -0.15) is 0 Å². The summed E-state index contributed by atoms with van der Waals surface area (Å²) >= 11 is 0. The van der Waals surface area contributed by atoms with Crippen LogP contribution in [0.2, 0.25) is 0 Å².